The lowest BCUT2D eigenvalue weighted by molar-refractivity contribution is 1.23. The van der Waals surface area contributed by atoms with E-state index in [1.807, 2.05) is 44.2 Å². The van der Waals surface area contributed by atoms with Crippen molar-refractivity contribution >= 4 is 5.57 Å². The van der Waals surface area contributed by atoms with Gasteiger partial charge in [-0.25, -0.2) is 0 Å². The molecule has 1 aromatic rings. The molecule has 1 heteroatoms. The maximum Gasteiger partial charge on any atom is 0.0994 e. The van der Waals surface area contributed by atoms with Crippen molar-refractivity contribution in [1.29, 1.82) is 5.26 Å². The number of benzene rings is 1. The van der Waals surface area contributed by atoms with E-state index < -0.39 is 0 Å². The summed E-state index contributed by atoms with van der Waals surface area (Å²) in [5, 5.41) is 8.86. The van der Waals surface area contributed by atoms with Gasteiger partial charge in [0.15, 0.2) is 0 Å². The van der Waals surface area contributed by atoms with Crippen LogP contribution in [0.3, 0.4) is 0 Å². The SMILES string of the molecule is CC/C=C(\C#N)c1ccc(C)cc1. The molecule has 0 spiro atoms. The van der Waals surface area contributed by atoms with Crippen LogP contribution in [0.1, 0.15) is 24.5 Å². The summed E-state index contributed by atoms with van der Waals surface area (Å²) in [5.74, 6) is 0. The van der Waals surface area contributed by atoms with Crippen LogP contribution in [0.2, 0.25) is 0 Å². The van der Waals surface area contributed by atoms with E-state index in [4.69, 9.17) is 5.26 Å². The fourth-order valence-electron chi connectivity index (χ4n) is 1.17. The highest BCUT2D eigenvalue weighted by atomic mass is 14.2. The van der Waals surface area contributed by atoms with Gasteiger partial charge in [0, 0.05) is 0 Å². The van der Waals surface area contributed by atoms with Crippen LogP contribution in [0.5, 0.6) is 0 Å². The molecule has 0 atom stereocenters. The van der Waals surface area contributed by atoms with Gasteiger partial charge < -0.3 is 0 Å². The van der Waals surface area contributed by atoms with Crippen LogP contribution in [-0.2, 0) is 0 Å². The van der Waals surface area contributed by atoms with E-state index in [1.165, 1.54) is 5.56 Å². The molecule has 0 saturated heterocycles. The second-order valence-electron chi connectivity index (χ2n) is 3.00. The van der Waals surface area contributed by atoms with Gasteiger partial charge in [0.1, 0.15) is 0 Å². The molecule has 0 amide bonds. The molecule has 66 valence electrons. The van der Waals surface area contributed by atoms with E-state index in [0.717, 1.165) is 17.6 Å². The standard InChI is InChI=1S/C12H13N/c1-3-4-12(9-13)11-7-5-10(2)6-8-11/h4-8H,3H2,1-2H3/b12-4+. The van der Waals surface area contributed by atoms with Crippen LogP contribution >= 0.6 is 0 Å². The minimum atomic E-state index is 0.766. The van der Waals surface area contributed by atoms with Crippen molar-refractivity contribution < 1.29 is 0 Å². The molecule has 0 fully saturated rings. The van der Waals surface area contributed by atoms with Gasteiger partial charge in [-0.15, -0.1) is 0 Å². The van der Waals surface area contributed by atoms with E-state index in [9.17, 15) is 0 Å². The maximum atomic E-state index is 8.86. The Morgan fingerprint density at radius 3 is 2.46 bits per heavy atom. The summed E-state index contributed by atoms with van der Waals surface area (Å²) in [6, 6.07) is 10.2. The van der Waals surface area contributed by atoms with E-state index in [-0.39, 0.29) is 0 Å². The van der Waals surface area contributed by atoms with Crippen LogP contribution in [0.4, 0.5) is 0 Å². The zero-order valence-corrected chi connectivity index (χ0v) is 8.04. The lowest BCUT2D eigenvalue weighted by Gasteiger charge is -1.98. The molecule has 1 aromatic carbocycles. The molecule has 0 heterocycles. The fraction of sp³-hybridized carbons (Fsp3) is 0.250. The van der Waals surface area contributed by atoms with Crippen LogP contribution in [0.15, 0.2) is 30.3 Å². The van der Waals surface area contributed by atoms with Crippen molar-refractivity contribution in [3.8, 4) is 6.07 Å². The second-order valence-corrected chi connectivity index (χ2v) is 3.00. The van der Waals surface area contributed by atoms with Crippen LogP contribution < -0.4 is 0 Å². The molecule has 0 aliphatic rings. The Balaban J connectivity index is 3.01. The summed E-state index contributed by atoms with van der Waals surface area (Å²) >= 11 is 0. The van der Waals surface area contributed by atoms with Gasteiger partial charge in [0.2, 0.25) is 0 Å². The fourth-order valence-corrected chi connectivity index (χ4v) is 1.17. The Bertz CT molecular complexity index is 338. The normalized spacial score (nSPS) is 11.0. The summed E-state index contributed by atoms with van der Waals surface area (Å²) in [7, 11) is 0. The zero-order chi connectivity index (χ0) is 9.68. The molecular weight excluding hydrogens is 158 g/mol. The average molecular weight is 171 g/mol. The van der Waals surface area contributed by atoms with E-state index in [2.05, 4.69) is 6.07 Å². The van der Waals surface area contributed by atoms with Gasteiger partial charge in [-0.1, -0.05) is 42.8 Å². The van der Waals surface area contributed by atoms with E-state index in [0.29, 0.717) is 0 Å². The Hall–Kier alpha value is -1.55. The highest BCUT2D eigenvalue weighted by Crippen LogP contribution is 2.14. The third kappa shape index (κ3) is 2.45. The molecule has 0 N–H and O–H groups in total. The minimum Gasteiger partial charge on any atom is -0.192 e. The molecular formula is C12H13N. The van der Waals surface area contributed by atoms with Crippen LogP contribution in [-0.4, -0.2) is 0 Å². The molecule has 1 nitrogen and oxygen atoms in total. The highest BCUT2D eigenvalue weighted by Gasteiger charge is 1.97. The van der Waals surface area contributed by atoms with Crippen molar-refractivity contribution in [2.24, 2.45) is 0 Å². The van der Waals surface area contributed by atoms with Gasteiger partial charge in [-0.3, -0.25) is 0 Å². The zero-order valence-electron chi connectivity index (χ0n) is 8.04. The van der Waals surface area contributed by atoms with Crippen molar-refractivity contribution in [2.75, 3.05) is 0 Å². The largest absolute Gasteiger partial charge is 0.192 e. The molecule has 0 unspecified atom stereocenters. The molecule has 0 aliphatic carbocycles. The third-order valence-electron chi connectivity index (χ3n) is 1.89. The van der Waals surface area contributed by atoms with E-state index >= 15 is 0 Å². The topological polar surface area (TPSA) is 23.8 Å². The predicted octanol–water partition coefficient (Wildman–Crippen LogP) is 3.31. The Morgan fingerprint density at radius 2 is 2.00 bits per heavy atom. The smallest absolute Gasteiger partial charge is 0.0994 e. The number of allylic oxidation sites excluding steroid dienone is 2. The number of hydrogen-bond donors (Lipinski definition) is 0. The molecule has 0 bridgehead atoms. The van der Waals surface area contributed by atoms with Crippen molar-refractivity contribution in [2.45, 2.75) is 20.3 Å². The summed E-state index contributed by atoms with van der Waals surface area (Å²) in [4.78, 5) is 0. The highest BCUT2D eigenvalue weighted by molar-refractivity contribution is 5.76. The van der Waals surface area contributed by atoms with Crippen molar-refractivity contribution in [3.05, 3.63) is 41.5 Å². The lowest BCUT2D eigenvalue weighted by Crippen LogP contribution is -1.81. The first kappa shape index (κ1) is 9.54. The van der Waals surface area contributed by atoms with Gasteiger partial charge >= 0.3 is 0 Å². The van der Waals surface area contributed by atoms with Gasteiger partial charge in [-0.2, -0.15) is 5.26 Å². The van der Waals surface area contributed by atoms with Gasteiger partial charge in [-0.05, 0) is 18.9 Å². The first-order valence-corrected chi connectivity index (χ1v) is 4.45. The summed E-state index contributed by atoms with van der Waals surface area (Å²) in [6.45, 7) is 4.07. The van der Waals surface area contributed by atoms with Gasteiger partial charge in [0.05, 0.1) is 11.6 Å². The second kappa shape index (κ2) is 4.47. The van der Waals surface area contributed by atoms with Crippen LogP contribution in [0.25, 0.3) is 5.57 Å². The summed E-state index contributed by atoms with van der Waals surface area (Å²) < 4.78 is 0. The number of nitrogens with zero attached hydrogens (tertiary/aromatic N) is 1. The molecule has 13 heavy (non-hydrogen) atoms. The molecule has 0 radical (unpaired) electrons. The maximum absolute atomic E-state index is 8.86. The third-order valence-corrected chi connectivity index (χ3v) is 1.89. The Morgan fingerprint density at radius 1 is 1.38 bits per heavy atom. The van der Waals surface area contributed by atoms with E-state index in [1.54, 1.807) is 0 Å². The average Bonchev–Trinajstić information content (AvgIpc) is 2.16. The van der Waals surface area contributed by atoms with Crippen molar-refractivity contribution in [1.82, 2.24) is 0 Å². The number of nitriles is 1. The Labute approximate surface area is 79.3 Å². The first-order valence-electron chi connectivity index (χ1n) is 4.45. The predicted molar refractivity (Wildman–Crippen MR) is 55.1 cm³/mol. The number of hydrogen-bond acceptors (Lipinski definition) is 1. The summed E-state index contributed by atoms with van der Waals surface area (Å²) in [6.07, 6.45) is 2.85. The van der Waals surface area contributed by atoms with Crippen molar-refractivity contribution in [3.63, 3.8) is 0 Å². The first-order chi connectivity index (χ1) is 6.27. The molecule has 1 rings (SSSR count). The Kier molecular flexibility index (Phi) is 3.28. The number of rotatable bonds is 2. The molecule has 0 saturated carbocycles. The monoisotopic (exact) mass is 171 g/mol. The summed E-state index contributed by atoms with van der Waals surface area (Å²) in [5.41, 5.74) is 3.00. The van der Waals surface area contributed by atoms with Crippen LogP contribution in [0, 0.1) is 18.3 Å². The molecule has 0 aliphatic heterocycles. The number of aryl methyl sites for hydroxylation is 1. The quantitative estimate of drug-likeness (QED) is 0.626. The van der Waals surface area contributed by atoms with Gasteiger partial charge in [0.25, 0.3) is 0 Å². The minimum absolute atomic E-state index is 0.766. The molecule has 0 aromatic heterocycles. The lowest BCUT2D eigenvalue weighted by atomic mass is 10.0.